The van der Waals surface area contributed by atoms with E-state index >= 15 is 0 Å². The van der Waals surface area contributed by atoms with E-state index in [2.05, 4.69) is 27.0 Å². The Morgan fingerprint density at radius 1 is 1.35 bits per heavy atom. The van der Waals surface area contributed by atoms with Gasteiger partial charge in [0.25, 0.3) is 0 Å². The second-order valence-electron chi connectivity index (χ2n) is 3.95. The molecule has 0 spiro atoms. The first kappa shape index (κ1) is 10.0. The van der Waals surface area contributed by atoms with Crippen LogP contribution >= 0.6 is 0 Å². The highest BCUT2D eigenvalue weighted by molar-refractivity contribution is 5.89. The van der Waals surface area contributed by atoms with Gasteiger partial charge in [0, 0.05) is 29.9 Å². The van der Waals surface area contributed by atoms with E-state index in [-0.39, 0.29) is 0 Å². The molecular formula is C12H13N5. The second-order valence-corrected chi connectivity index (χ2v) is 3.95. The summed E-state index contributed by atoms with van der Waals surface area (Å²) in [6.45, 7) is 3.07. The van der Waals surface area contributed by atoms with Crippen LogP contribution in [0.1, 0.15) is 13.3 Å². The van der Waals surface area contributed by atoms with Crippen molar-refractivity contribution >= 4 is 11.0 Å². The van der Waals surface area contributed by atoms with Crippen molar-refractivity contribution in [3.05, 3.63) is 31.0 Å². The van der Waals surface area contributed by atoms with Gasteiger partial charge in [-0.2, -0.15) is 5.10 Å². The SMILES string of the molecule is CCCn1cc(-c2ncnc3[nH]ccc23)cn1. The van der Waals surface area contributed by atoms with Gasteiger partial charge in [-0.25, -0.2) is 9.97 Å². The van der Waals surface area contributed by atoms with Crippen molar-refractivity contribution in [3.8, 4) is 11.3 Å². The maximum atomic E-state index is 4.34. The zero-order valence-corrected chi connectivity index (χ0v) is 9.59. The van der Waals surface area contributed by atoms with Gasteiger partial charge in [-0.3, -0.25) is 4.68 Å². The minimum absolute atomic E-state index is 0.859. The molecule has 0 radical (unpaired) electrons. The number of fused-ring (bicyclic) bond motifs is 1. The Balaban J connectivity index is 2.10. The average Bonchev–Trinajstić information content (AvgIpc) is 2.96. The van der Waals surface area contributed by atoms with Gasteiger partial charge in [-0.1, -0.05) is 6.92 Å². The molecule has 17 heavy (non-hydrogen) atoms. The average molecular weight is 227 g/mol. The van der Waals surface area contributed by atoms with Crippen LogP contribution in [0.15, 0.2) is 31.0 Å². The van der Waals surface area contributed by atoms with Gasteiger partial charge in [-0.05, 0) is 12.5 Å². The van der Waals surface area contributed by atoms with E-state index in [0.717, 1.165) is 35.3 Å². The Labute approximate surface area is 98.5 Å². The summed E-state index contributed by atoms with van der Waals surface area (Å²) in [6, 6.07) is 1.99. The molecule has 0 amide bonds. The molecule has 0 aliphatic rings. The van der Waals surface area contributed by atoms with Crippen LogP contribution in [0, 0.1) is 0 Å². The van der Waals surface area contributed by atoms with E-state index in [0.29, 0.717) is 0 Å². The third-order valence-electron chi connectivity index (χ3n) is 2.71. The maximum absolute atomic E-state index is 4.34. The summed E-state index contributed by atoms with van der Waals surface area (Å²) in [7, 11) is 0. The standard InChI is InChI=1S/C12H13N5/c1-2-5-17-7-9(6-16-17)11-10-3-4-13-12(10)15-8-14-11/h3-4,6-8H,2,5H2,1H3,(H,13,14,15). The molecule has 0 saturated carbocycles. The van der Waals surface area contributed by atoms with E-state index in [4.69, 9.17) is 0 Å². The monoisotopic (exact) mass is 227 g/mol. The first-order valence-corrected chi connectivity index (χ1v) is 5.69. The Bertz CT molecular complexity index is 637. The molecule has 0 aliphatic carbocycles. The fourth-order valence-corrected chi connectivity index (χ4v) is 1.94. The normalized spacial score (nSPS) is 11.1. The Morgan fingerprint density at radius 3 is 3.18 bits per heavy atom. The minimum atomic E-state index is 0.859. The number of nitrogens with one attached hydrogen (secondary N) is 1. The molecule has 5 nitrogen and oxygen atoms in total. The van der Waals surface area contributed by atoms with Gasteiger partial charge in [0.15, 0.2) is 0 Å². The quantitative estimate of drug-likeness (QED) is 0.746. The van der Waals surface area contributed by atoms with Crippen LogP contribution in [0.3, 0.4) is 0 Å². The van der Waals surface area contributed by atoms with Crippen molar-refractivity contribution in [2.45, 2.75) is 19.9 Å². The van der Waals surface area contributed by atoms with Crippen LogP contribution in [0.5, 0.6) is 0 Å². The van der Waals surface area contributed by atoms with Crippen molar-refractivity contribution in [1.29, 1.82) is 0 Å². The number of H-pyrrole nitrogens is 1. The molecular weight excluding hydrogens is 214 g/mol. The molecule has 0 aliphatic heterocycles. The first-order chi connectivity index (χ1) is 8.38. The summed E-state index contributed by atoms with van der Waals surface area (Å²) in [5.74, 6) is 0. The summed E-state index contributed by atoms with van der Waals surface area (Å²) < 4.78 is 1.94. The van der Waals surface area contributed by atoms with Gasteiger partial charge in [0.2, 0.25) is 0 Å². The first-order valence-electron chi connectivity index (χ1n) is 5.69. The molecule has 5 heteroatoms. The zero-order chi connectivity index (χ0) is 11.7. The summed E-state index contributed by atoms with van der Waals surface area (Å²) in [5.41, 5.74) is 2.82. The van der Waals surface area contributed by atoms with E-state index in [1.807, 2.05) is 29.3 Å². The molecule has 0 aromatic carbocycles. The highest BCUT2D eigenvalue weighted by atomic mass is 15.3. The van der Waals surface area contributed by atoms with Gasteiger partial charge < -0.3 is 4.98 Å². The molecule has 3 heterocycles. The van der Waals surface area contributed by atoms with E-state index in [1.54, 1.807) is 6.33 Å². The number of rotatable bonds is 3. The Hall–Kier alpha value is -2.17. The topological polar surface area (TPSA) is 59.4 Å². The van der Waals surface area contributed by atoms with Gasteiger partial charge in [0.05, 0.1) is 11.9 Å². The summed E-state index contributed by atoms with van der Waals surface area (Å²) >= 11 is 0. The fourth-order valence-electron chi connectivity index (χ4n) is 1.94. The largest absolute Gasteiger partial charge is 0.346 e. The molecule has 0 atom stereocenters. The van der Waals surface area contributed by atoms with Crippen LogP contribution in [-0.4, -0.2) is 24.7 Å². The highest BCUT2D eigenvalue weighted by Gasteiger charge is 2.08. The minimum Gasteiger partial charge on any atom is -0.346 e. The van der Waals surface area contributed by atoms with Crippen molar-refractivity contribution in [1.82, 2.24) is 24.7 Å². The predicted octanol–water partition coefficient (Wildman–Crippen LogP) is 2.23. The van der Waals surface area contributed by atoms with Crippen molar-refractivity contribution in [2.24, 2.45) is 0 Å². The van der Waals surface area contributed by atoms with Crippen molar-refractivity contribution < 1.29 is 0 Å². The lowest BCUT2D eigenvalue weighted by Gasteiger charge is -1.98. The van der Waals surface area contributed by atoms with E-state index in [9.17, 15) is 0 Å². The number of hydrogen-bond donors (Lipinski definition) is 1. The number of aryl methyl sites for hydroxylation is 1. The molecule has 1 N–H and O–H groups in total. The molecule has 0 bridgehead atoms. The molecule has 0 fully saturated rings. The predicted molar refractivity (Wildman–Crippen MR) is 65.4 cm³/mol. The van der Waals surface area contributed by atoms with Crippen LogP contribution in [0.2, 0.25) is 0 Å². The van der Waals surface area contributed by atoms with E-state index < -0.39 is 0 Å². The lowest BCUT2D eigenvalue weighted by atomic mass is 10.2. The number of aromatic nitrogens is 5. The second kappa shape index (κ2) is 4.01. The number of aromatic amines is 1. The molecule has 0 unspecified atom stereocenters. The maximum Gasteiger partial charge on any atom is 0.141 e. The molecule has 86 valence electrons. The molecule has 3 aromatic rings. The van der Waals surface area contributed by atoms with E-state index in [1.165, 1.54) is 0 Å². The lowest BCUT2D eigenvalue weighted by molar-refractivity contribution is 0.603. The summed E-state index contributed by atoms with van der Waals surface area (Å²) in [5, 5.41) is 5.35. The summed E-state index contributed by atoms with van der Waals surface area (Å²) in [6.07, 6.45) is 8.40. The third kappa shape index (κ3) is 1.69. The number of nitrogens with zero attached hydrogens (tertiary/aromatic N) is 4. The molecule has 3 rings (SSSR count). The number of hydrogen-bond acceptors (Lipinski definition) is 3. The lowest BCUT2D eigenvalue weighted by Crippen LogP contribution is -1.95. The Morgan fingerprint density at radius 2 is 2.29 bits per heavy atom. The van der Waals surface area contributed by atoms with Gasteiger partial charge >= 0.3 is 0 Å². The fraction of sp³-hybridized carbons (Fsp3) is 0.250. The smallest absolute Gasteiger partial charge is 0.141 e. The van der Waals surface area contributed by atoms with Crippen LogP contribution < -0.4 is 0 Å². The van der Waals surface area contributed by atoms with Crippen LogP contribution in [0.4, 0.5) is 0 Å². The van der Waals surface area contributed by atoms with Crippen LogP contribution in [0.25, 0.3) is 22.3 Å². The summed E-state index contributed by atoms with van der Waals surface area (Å²) in [4.78, 5) is 11.6. The van der Waals surface area contributed by atoms with Gasteiger partial charge in [-0.15, -0.1) is 0 Å². The molecule has 0 saturated heterocycles. The highest BCUT2D eigenvalue weighted by Crippen LogP contribution is 2.23. The molecule has 3 aromatic heterocycles. The third-order valence-corrected chi connectivity index (χ3v) is 2.71. The van der Waals surface area contributed by atoms with Crippen molar-refractivity contribution in [2.75, 3.05) is 0 Å². The Kier molecular flexibility index (Phi) is 2.36. The zero-order valence-electron chi connectivity index (χ0n) is 9.59. The van der Waals surface area contributed by atoms with Gasteiger partial charge in [0.1, 0.15) is 12.0 Å². The van der Waals surface area contributed by atoms with Crippen molar-refractivity contribution in [3.63, 3.8) is 0 Å². The van der Waals surface area contributed by atoms with Crippen LogP contribution in [-0.2, 0) is 6.54 Å².